The summed E-state index contributed by atoms with van der Waals surface area (Å²) in [6.07, 6.45) is 9.14. The second-order valence-corrected chi connectivity index (χ2v) is 16.4. The fourth-order valence-corrected chi connectivity index (χ4v) is 10.6. The highest BCUT2D eigenvalue weighted by atomic mass is 16.7. The summed E-state index contributed by atoms with van der Waals surface area (Å²) in [5.74, 6) is 2.51. The maximum Gasteiger partial charge on any atom is 0.315 e. The average Bonchev–Trinajstić information content (AvgIpc) is 3.57. The summed E-state index contributed by atoms with van der Waals surface area (Å²) in [6.45, 7) is 5.33. The minimum absolute atomic E-state index is 0.00373. The van der Waals surface area contributed by atoms with Crippen LogP contribution in [0.15, 0.2) is 72.8 Å². The highest BCUT2D eigenvalue weighted by Crippen LogP contribution is 2.55. The smallest absolute Gasteiger partial charge is 0.315 e. The van der Waals surface area contributed by atoms with Gasteiger partial charge >= 0.3 is 6.03 Å². The molecule has 8 nitrogen and oxygen atoms in total. The lowest BCUT2D eigenvalue weighted by atomic mass is 9.53. The van der Waals surface area contributed by atoms with Crippen LogP contribution in [0.1, 0.15) is 92.9 Å². The van der Waals surface area contributed by atoms with Gasteiger partial charge in [-0.2, -0.15) is 0 Å². The molecule has 0 radical (unpaired) electrons. The van der Waals surface area contributed by atoms with Crippen molar-refractivity contribution in [3.63, 3.8) is 0 Å². The molecule has 5 unspecified atom stereocenters. The SMILES string of the molecule is COCC1CCCN1CC1OC(c2ccc(-c3ccccc3CNC(=O)NC34CC5CC(CC(C5)C3)C4)cc2)OC(c2ccc(CO)cc2)C1C. The number of hydrogen-bond acceptors (Lipinski definition) is 6. The maximum atomic E-state index is 13.3. The lowest BCUT2D eigenvalue weighted by Crippen LogP contribution is -2.61. The molecule has 2 saturated heterocycles. The van der Waals surface area contributed by atoms with E-state index >= 15 is 0 Å². The zero-order valence-corrected chi connectivity index (χ0v) is 30.3. The molecule has 2 amide bonds. The van der Waals surface area contributed by atoms with Crippen LogP contribution in [-0.4, -0.2) is 60.5 Å². The second kappa shape index (κ2) is 15.0. The number of rotatable bonds is 11. The van der Waals surface area contributed by atoms with Crippen molar-refractivity contribution in [2.24, 2.45) is 23.7 Å². The van der Waals surface area contributed by atoms with Crippen LogP contribution in [0.4, 0.5) is 4.79 Å². The molecule has 9 rings (SSSR count). The molecule has 0 aromatic heterocycles. The first-order valence-corrected chi connectivity index (χ1v) is 19.4. The molecule has 5 atom stereocenters. The van der Waals surface area contributed by atoms with Gasteiger partial charge in [0.05, 0.1) is 25.4 Å². The largest absolute Gasteiger partial charge is 0.392 e. The fraction of sp³-hybridized carbons (Fsp3) is 0.558. The van der Waals surface area contributed by atoms with E-state index in [9.17, 15) is 9.90 Å². The number of benzene rings is 3. The van der Waals surface area contributed by atoms with Crippen LogP contribution in [0.2, 0.25) is 0 Å². The molecule has 0 spiro atoms. The normalized spacial score (nSPS) is 33.0. The van der Waals surface area contributed by atoms with Crippen molar-refractivity contribution in [1.82, 2.24) is 15.5 Å². The zero-order valence-electron chi connectivity index (χ0n) is 30.3. The van der Waals surface area contributed by atoms with E-state index in [0.29, 0.717) is 12.6 Å². The van der Waals surface area contributed by atoms with E-state index in [1.165, 1.54) is 25.7 Å². The van der Waals surface area contributed by atoms with Gasteiger partial charge in [0.15, 0.2) is 6.29 Å². The Bertz CT molecular complexity index is 1610. The third kappa shape index (κ3) is 7.49. The minimum Gasteiger partial charge on any atom is -0.392 e. The molecule has 272 valence electrons. The van der Waals surface area contributed by atoms with E-state index in [2.05, 4.69) is 77.1 Å². The summed E-state index contributed by atoms with van der Waals surface area (Å²) in [4.78, 5) is 15.8. The molecule has 3 aromatic carbocycles. The number of nitrogens with zero attached hydrogens (tertiary/aromatic N) is 1. The van der Waals surface area contributed by atoms with Gasteiger partial charge < -0.3 is 30.0 Å². The number of hydrogen-bond donors (Lipinski definition) is 3. The van der Waals surface area contributed by atoms with Crippen molar-refractivity contribution in [2.45, 2.75) is 102 Å². The highest BCUT2D eigenvalue weighted by Gasteiger charge is 2.51. The van der Waals surface area contributed by atoms with Gasteiger partial charge in [-0.05, 0) is 103 Å². The molecular formula is C43H55N3O5. The number of carbonyl (C=O) groups excluding carboxylic acids is 1. The first kappa shape index (κ1) is 34.8. The summed E-state index contributed by atoms with van der Waals surface area (Å²) in [7, 11) is 1.78. The molecule has 4 aliphatic carbocycles. The van der Waals surface area contributed by atoms with Gasteiger partial charge in [0, 0.05) is 43.3 Å². The van der Waals surface area contributed by atoms with E-state index < -0.39 is 6.29 Å². The monoisotopic (exact) mass is 693 g/mol. The summed E-state index contributed by atoms with van der Waals surface area (Å²) in [6, 6.07) is 25.3. The molecule has 2 heterocycles. The number of aliphatic hydroxyl groups is 1. The van der Waals surface area contributed by atoms with Crippen LogP contribution in [0.3, 0.4) is 0 Å². The molecule has 2 aliphatic heterocycles. The number of aliphatic hydroxyl groups excluding tert-OH is 1. The Morgan fingerprint density at radius 1 is 0.922 bits per heavy atom. The summed E-state index contributed by atoms with van der Waals surface area (Å²) >= 11 is 0. The van der Waals surface area contributed by atoms with Crippen molar-refractivity contribution in [3.05, 3.63) is 95.1 Å². The van der Waals surface area contributed by atoms with Crippen LogP contribution in [-0.2, 0) is 27.4 Å². The van der Waals surface area contributed by atoms with E-state index in [0.717, 1.165) is 96.5 Å². The van der Waals surface area contributed by atoms with Gasteiger partial charge in [-0.15, -0.1) is 0 Å². The third-order valence-electron chi connectivity index (χ3n) is 12.8. The van der Waals surface area contributed by atoms with E-state index in [1.807, 2.05) is 18.2 Å². The minimum atomic E-state index is -0.517. The van der Waals surface area contributed by atoms with Gasteiger partial charge in [0.2, 0.25) is 0 Å². The standard InChI is InChI=1S/C43H55N3O5/c1-28-39(25-46-17-5-7-37(46)27-49-2)50-41(51-40(28)34-11-9-29(26-47)10-12-34)35-15-13-33(14-16-35)38-8-4-3-6-36(38)24-44-42(48)45-43-21-30-18-31(22-43)20-32(19-30)23-43/h3-4,6,8-16,28,30-32,37,39-41,47H,5,7,17-27H2,1-2H3,(H2,44,45,48). The molecule has 3 aromatic rings. The molecule has 51 heavy (non-hydrogen) atoms. The van der Waals surface area contributed by atoms with Crippen molar-refractivity contribution >= 4 is 6.03 Å². The Morgan fingerprint density at radius 2 is 1.61 bits per heavy atom. The number of carbonyl (C=O) groups is 1. The van der Waals surface area contributed by atoms with Gasteiger partial charge in [-0.1, -0.05) is 79.7 Å². The highest BCUT2D eigenvalue weighted by molar-refractivity contribution is 5.76. The van der Waals surface area contributed by atoms with E-state index in [4.69, 9.17) is 14.2 Å². The van der Waals surface area contributed by atoms with Gasteiger partial charge in [0.1, 0.15) is 0 Å². The first-order valence-electron chi connectivity index (χ1n) is 19.4. The summed E-state index contributed by atoms with van der Waals surface area (Å²) < 4.78 is 19.1. The fourth-order valence-electron chi connectivity index (χ4n) is 10.6. The number of ether oxygens (including phenoxy) is 3. The second-order valence-electron chi connectivity index (χ2n) is 16.4. The number of likely N-dealkylation sites (tertiary alicyclic amines) is 1. The predicted octanol–water partition coefficient (Wildman–Crippen LogP) is 7.52. The number of nitrogens with one attached hydrogen (secondary N) is 2. The third-order valence-corrected chi connectivity index (χ3v) is 12.8. The van der Waals surface area contributed by atoms with Crippen molar-refractivity contribution in [1.29, 1.82) is 0 Å². The Balaban J connectivity index is 0.967. The van der Waals surface area contributed by atoms with Crippen LogP contribution >= 0.6 is 0 Å². The lowest BCUT2D eigenvalue weighted by molar-refractivity contribution is -0.276. The molecule has 3 N–H and O–H groups in total. The Kier molecular flexibility index (Phi) is 10.2. The van der Waals surface area contributed by atoms with Gasteiger partial charge in [0.25, 0.3) is 0 Å². The van der Waals surface area contributed by atoms with Crippen LogP contribution in [0.5, 0.6) is 0 Å². The zero-order chi connectivity index (χ0) is 35.0. The molecule has 8 heteroatoms. The Labute approximate surface area is 303 Å². The average molecular weight is 694 g/mol. The summed E-state index contributed by atoms with van der Waals surface area (Å²) in [5.41, 5.74) is 6.25. The molecule has 4 saturated carbocycles. The van der Waals surface area contributed by atoms with Gasteiger partial charge in [-0.25, -0.2) is 4.79 Å². The van der Waals surface area contributed by atoms with Crippen molar-refractivity contribution in [2.75, 3.05) is 26.8 Å². The van der Waals surface area contributed by atoms with E-state index in [-0.39, 0.29) is 36.3 Å². The van der Waals surface area contributed by atoms with E-state index in [1.54, 1.807) is 7.11 Å². The topological polar surface area (TPSA) is 92.3 Å². The summed E-state index contributed by atoms with van der Waals surface area (Å²) in [5, 5.41) is 16.3. The predicted molar refractivity (Wildman–Crippen MR) is 198 cm³/mol. The van der Waals surface area contributed by atoms with Crippen molar-refractivity contribution in [3.8, 4) is 11.1 Å². The molecule has 6 aliphatic rings. The lowest BCUT2D eigenvalue weighted by Gasteiger charge is -2.56. The van der Waals surface area contributed by atoms with Crippen molar-refractivity contribution < 1.29 is 24.1 Å². The number of amides is 2. The molecule has 6 fully saturated rings. The van der Waals surface area contributed by atoms with Crippen LogP contribution in [0.25, 0.3) is 11.1 Å². The molecule has 4 bridgehead atoms. The first-order chi connectivity index (χ1) is 24.9. The maximum absolute atomic E-state index is 13.3. The Hall–Kier alpha value is -3.27. The van der Waals surface area contributed by atoms with Crippen LogP contribution < -0.4 is 10.6 Å². The van der Waals surface area contributed by atoms with Crippen LogP contribution in [0, 0.1) is 23.7 Å². The number of methoxy groups -OCH3 is 1. The number of urea groups is 1. The molecular weight excluding hydrogens is 638 g/mol. The quantitative estimate of drug-likeness (QED) is 0.193. The Morgan fingerprint density at radius 3 is 2.29 bits per heavy atom. The van der Waals surface area contributed by atoms with Gasteiger partial charge in [-0.3, -0.25) is 4.90 Å².